The summed E-state index contributed by atoms with van der Waals surface area (Å²) in [6.45, 7) is -0.148. The van der Waals surface area contributed by atoms with E-state index in [0.717, 1.165) is 18.4 Å². The molecule has 0 unspecified atom stereocenters. The third-order valence-corrected chi connectivity index (χ3v) is 3.89. The first-order valence-electron chi connectivity index (χ1n) is 7.19. The third-order valence-electron chi connectivity index (χ3n) is 3.89. The van der Waals surface area contributed by atoms with E-state index in [0.29, 0.717) is 11.6 Å². The van der Waals surface area contributed by atoms with Gasteiger partial charge in [0.25, 0.3) is 5.91 Å². The highest BCUT2D eigenvalue weighted by molar-refractivity contribution is 5.94. The monoisotopic (exact) mass is 271 g/mol. The molecule has 0 atom stereocenters. The number of benzene rings is 1. The van der Waals surface area contributed by atoms with E-state index >= 15 is 0 Å². The van der Waals surface area contributed by atoms with Crippen LogP contribution in [0.3, 0.4) is 0 Å². The summed E-state index contributed by atoms with van der Waals surface area (Å²) in [5.74, 6) is 5.51. The van der Waals surface area contributed by atoms with Gasteiger partial charge in [-0.05, 0) is 37.1 Å². The molecule has 1 N–H and O–H groups in total. The summed E-state index contributed by atoms with van der Waals surface area (Å²) in [7, 11) is 1.90. The fourth-order valence-corrected chi connectivity index (χ4v) is 2.68. The van der Waals surface area contributed by atoms with Crippen LogP contribution < -0.4 is 0 Å². The van der Waals surface area contributed by atoms with Crippen LogP contribution in [0.15, 0.2) is 24.3 Å². The Morgan fingerprint density at radius 1 is 1.25 bits per heavy atom. The molecule has 0 spiro atoms. The lowest BCUT2D eigenvalue weighted by Crippen LogP contribution is -2.38. The van der Waals surface area contributed by atoms with Gasteiger partial charge in [-0.1, -0.05) is 31.1 Å². The predicted octanol–water partition coefficient (Wildman–Crippen LogP) is 2.44. The van der Waals surface area contributed by atoms with Gasteiger partial charge in [0.05, 0.1) is 0 Å². The molecule has 1 aliphatic carbocycles. The molecule has 1 aromatic carbocycles. The Labute approximate surface area is 120 Å². The van der Waals surface area contributed by atoms with Gasteiger partial charge in [-0.25, -0.2) is 0 Å². The van der Waals surface area contributed by atoms with E-state index in [4.69, 9.17) is 5.11 Å². The summed E-state index contributed by atoms with van der Waals surface area (Å²) in [5.41, 5.74) is 1.52. The molecule has 0 radical (unpaired) electrons. The minimum atomic E-state index is -0.148. The molecule has 1 amide bonds. The van der Waals surface area contributed by atoms with Gasteiger partial charge >= 0.3 is 0 Å². The van der Waals surface area contributed by atoms with E-state index in [9.17, 15) is 4.79 Å². The Kier molecular flexibility index (Phi) is 5.20. The van der Waals surface area contributed by atoms with Crippen molar-refractivity contribution in [1.29, 1.82) is 0 Å². The summed E-state index contributed by atoms with van der Waals surface area (Å²) in [4.78, 5) is 14.3. The average Bonchev–Trinajstić information content (AvgIpc) is 2.53. The molecule has 2 rings (SSSR count). The fourth-order valence-electron chi connectivity index (χ4n) is 2.68. The second-order valence-electron chi connectivity index (χ2n) is 5.25. The van der Waals surface area contributed by atoms with Crippen molar-refractivity contribution in [3.05, 3.63) is 35.4 Å². The number of amides is 1. The highest BCUT2D eigenvalue weighted by atomic mass is 16.2. The van der Waals surface area contributed by atoms with Crippen molar-refractivity contribution >= 4 is 5.91 Å². The van der Waals surface area contributed by atoms with Crippen molar-refractivity contribution < 1.29 is 9.90 Å². The van der Waals surface area contributed by atoms with Gasteiger partial charge in [0, 0.05) is 24.2 Å². The number of hydrogen-bond acceptors (Lipinski definition) is 2. The molecule has 1 aliphatic rings. The van der Waals surface area contributed by atoms with E-state index in [1.807, 2.05) is 36.2 Å². The maximum Gasteiger partial charge on any atom is 0.253 e. The first kappa shape index (κ1) is 14.6. The largest absolute Gasteiger partial charge is 0.384 e. The number of aliphatic hydroxyl groups is 1. The molecule has 0 bridgehead atoms. The van der Waals surface area contributed by atoms with Crippen molar-refractivity contribution in [2.24, 2.45) is 0 Å². The molecular formula is C17H21NO2. The van der Waals surface area contributed by atoms with E-state index in [-0.39, 0.29) is 12.5 Å². The summed E-state index contributed by atoms with van der Waals surface area (Å²) in [5, 5.41) is 8.65. The molecular weight excluding hydrogens is 250 g/mol. The van der Waals surface area contributed by atoms with Crippen molar-refractivity contribution in [1.82, 2.24) is 4.90 Å². The smallest absolute Gasteiger partial charge is 0.253 e. The van der Waals surface area contributed by atoms with Gasteiger partial charge < -0.3 is 10.0 Å². The standard InChI is InChI=1S/C17H21NO2/c1-18(16-7-3-2-4-8-16)17(20)15-11-9-14(10-12-15)6-5-13-19/h9-12,16,19H,2-4,7-8,13H2,1H3. The molecule has 1 fully saturated rings. The van der Waals surface area contributed by atoms with Crippen LogP contribution in [0, 0.1) is 11.8 Å². The molecule has 106 valence electrons. The Hall–Kier alpha value is -1.79. The van der Waals surface area contributed by atoms with Crippen LogP contribution in [0.1, 0.15) is 48.0 Å². The molecule has 0 aliphatic heterocycles. The van der Waals surface area contributed by atoms with Crippen LogP contribution in [-0.4, -0.2) is 35.6 Å². The first-order chi connectivity index (χ1) is 9.72. The van der Waals surface area contributed by atoms with Crippen molar-refractivity contribution in [2.45, 2.75) is 38.1 Å². The van der Waals surface area contributed by atoms with Gasteiger partial charge in [-0.15, -0.1) is 0 Å². The summed E-state index contributed by atoms with van der Waals surface area (Å²) >= 11 is 0. The highest BCUT2D eigenvalue weighted by Crippen LogP contribution is 2.22. The van der Waals surface area contributed by atoms with Crippen molar-refractivity contribution in [3.63, 3.8) is 0 Å². The maximum absolute atomic E-state index is 12.4. The molecule has 0 saturated heterocycles. The zero-order valence-corrected chi connectivity index (χ0v) is 11.9. The summed E-state index contributed by atoms with van der Waals surface area (Å²) in [6.07, 6.45) is 5.96. The Balaban J connectivity index is 2.04. The second kappa shape index (κ2) is 7.12. The normalized spacial score (nSPS) is 15.3. The van der Waals surface area contributed by atoms with E-state index < -0.39 is 0 Å². The van der Waals surface area contributed by atoms with Crippen LogP contribution in [0.25, 0.3) is 0 Å². The maximum atomic E-state index is 12.4. The molecule has 3 heteroatoms. The number of carbonyl (C=O) groups is 1. The van der Waals surface area contributed by atoms with Crippen LogP contribution in [0.5, 0.6) is 0 Å². The van der Waals surface area contributed by atoms with Crippen molar-refractivity contribution in [2.75, 3.05) is 13.7 Å². The third kappa shape index (κ3) is 3.61. The van der Waals surface area contributed by atoms with E-state index in [1.165, 1.54) is 19.3 Å². The zero-order valence-electron chi connectivity index (χ0n) is 11.9. The highest BCUT2D eigenvalue weighted by Gasteiger charge is 2.22. The van der Waals surface area contributed by atoms with Gasteiger partial charge in [-0.2, -0.15) is 0 Å². The molecule has 0 heterocycles. The van der Waals surface area contributed by atoms with Gasteiger partial charge in [0.15, 0.2) is 0 Å². The fraction of sp³-hybridized carbons (Fsp3) is 0.471. The second-order valence-corrected chi connectivity index (χ2v) is 5.25. The van der Waals surface area contributed by atoms with Gasteiger partial charge in [0.2, 0.25) is 0 Å². The number of hydrogen-bond donors (Lipinski definition) is 1. The molecule has 1 aromatic rings. The minimum Gasteiger partial charge on any atom is -0.384 e. The number of carbonyl (C=O) groups excluding carboxylic acids is 1. The topological polar surface area (TPSA) is 40.5 Å². The Bertz CT molecular complexity index is 504. The number of nitrogens with zero attached hydrogens (tertiary/aromatic N) is 1. The quantitative estimate of drug-likeness (QED) is 0.839. The average molecular weight is 271 g/mol. The lowest BCUT2D eigenvalue weighted by molar-refractivity contribution is 0.0696. The lowest BCUT2D eigenvalue weighted by atomic mass is 9.94. The number of rotatable bonds is 2. The van der Waals surface area contributed by atoms with Crippen LogP contribution in [0.2, 0.25) is 0 Å². The molecule has 0 aromatic heterocycles. The van der Waals surface area contributed by atoms with E-state index in [1.54, 1.807) is 0 Å². The lowest BCUT2D eigenvalue weighted by Gasteiger charge is -2.31. The summed E-state index contributed by atoms with van der Waals surface area (Å²) < 4.78 is 0. The predicted molar refractivity (Wildman–Crippen MR) is 79.4 cm³/mol. The SMILES string of the molecule is CN(C(=O)c1ccc(C#CCO)cc1)C1CCCCC1. The first-order valence-corrected chi connectivity index (χ1v) is 7.19. The van der Waals surface area contributed by atoms with Crippen molar-refractivity contribution in [3.8, 4) is 11.8 Å². The van der Waals surface area contributed by atoms with E-state index in [2.05, 4.69) is 11.8 Å². The summed E-state index contributed by atoms with van der Waals surface area (Å²) in [6, 6.07) is 7.64. The van der Waals surface area contributed by atoms with Crippen LogP contribution in [0.4, 0.5) is 0 Å². The minimum absolute atomic E-state index is 0.0820. The van der Waals surface area contributed by atoms with Gasteiger partial charge in [0.1, 0.15) is 6.61 Å². The molecule has 1 saturated carbocycles. The number of aliphatic hydroxyl groups excluding tert-OH is 1. The van der Waals surface area contributed by atoms with Gasteiger partial charge in [-0.3, -0.25) is 4.79 Å². The Morgan fingerprint density at radius 2 is 1.90 bits per heavy atom. The van der Waals surface area contributed by atoms with Crippen LogP contribution in [-0.2, 0) is 0 Å². The Morgan fingerprint density at radius 3 is 2.50 bits per heavy atom. The zero-order chi connectivity index (χ0) is 14.4. The molecule has 3 nitrogen and oxygen atoms in total. The molecule has 20 heavy (non-hydrogen) atoms. The van der Waals surface area contributed by atoms with Crippen LogP contribution >= 0.6 is 0 Å².